The van der Waals surface area contributed by atoms with Gasteiger partial charge in [-0.25, -0.2) is 4.39 Å². The van der Waals surface area contributed by atoms with Crippen LogP contribution in [0.1, 0.15) is 74.4 Å². The smallest absolute Gasteiger partial charge is 0.290 e. The van der Waals surface area contributed by atoms with Crippen LogP contribution >= 0.6 is 23.2 Å². The highest BCUT2D eigenvalue weighted by Crippen LogP contribution is 2.46. The second-order valence-electron chi connectivity index (χ2n) is 12.1. The second kappa shape index (κ2) is 17.5. The molecule has 0 bridgehead atoms. The standard InChI is InChI=1S/C27H31Cl2FN2O2.C6H6.C2H6.CH2O2/c1-17-5-6-32(12-17)26(33)23-10-22(19-3-4-19)25(11-24(23)30)34-16-27(2)14-31(15-27)13-18-7-20(28)9-21(29)8-18;1-2-4-6-5-3-1;1-2;2-1-3/h7-11,17,19H,3-6,12-16H2,1-2H3;1-6H;1-2H3;1H,(H,2,3). The van der Waals surface area contributed by atoms with Gasteiger partial charge in [0.25, 0.3) is 12.4 Å². The van der Waals surface area contributed by atoms with Crippen molar-refractivity contribution in [1.82, 2.24) is 9.80 Å². The molecule has 1 aliphatic carbocycles. The molecule has 2 saturated heterocycles. The maximum absolute atomic E-state index is 15.0. The van der Waals surface area contributed by atoms with E-state index >= 15 is 4.39 Å². The summed E-state index contributed by atoms with van der Waals surface area (Å²) >= 11 is 12.2. The highest BCUT2D eigenvalue weighted by Gasteiger charge is 2.40. The van der Waals surface area contributed by atoms with Gasteiger partial charge in [-0.1, -0.05) is 87.3 Å². The molecule has 9 heteroatoms. The van der Waals surface area contributed by atoms with Crippen molar-refractivity contribution in [3.05, 3.63) is 99.3 Å². The van der Waals surface area contributed by atoms with E-state index in [1.165, 1.54) is 6.07 Å². The summed E-state index contributed by atoms with van der Waals surface area (Å²) in [5.74, 6) is 0.738. The highest BCUT2D eigenvalue weighted by atomic mass is 35.5. The third-order valence-corrected chi connectivity index (χ3v) is 8.28. The first-order valence-electron chi connectivity index (χ1n) is 15.6. The van der Waals surface area contributed by atoms with Gasteiger partial charge < -0.3 is 14.7 Å². The minimum absolute atomic E-state index is 0.0140. The lowest BCUT2D eigenvalue weighted by molar-refractivity contribution is -0.122. The summed E-state index contributed by atoms with van der Waals surface area (Å²) in [5, 5.41) is 8.18. The first-order valence-corrected chi connectivity index (χ1v) is 16.4. The van der Waals surface area contributed by atoms with Gasteiger partial charge in [-0.15, -0.1) is 0 Å². The van der Waals surface area contributed by atoms with Crippen LogP contribution in [0.25, 0.3) is 0 Å². The molecule has 1 saturated carbocycles. The Morgan fingerprint density at radius 3 is 2.04 bits per heavy atom. The molecule has 45 heavy (non-hydrogen) atoms. The number of halogens is 3. The molecule has 6 rings (SSSR count). The zero-order chi connectivity index (χ0) is 33.0. The molecule has 2 heterocycles. The minimum atomic E-state index is -0.484. The Labute approximate surface area is 277 Å². The molecular weight excluding hydrogens is 614 g/mol. The zero-order valence-corrected chi connectivity index (χ0v) is 28.2. The van der Waals surface area contributed by atoms with Gasteiger partial charge >= 0.3 is 0 Å². The normalized spacial score (nSPS) is 18.1. The van der Waals surface area contributed by atoms with E-state index in [-0.39, 0.29) is 23.4 Å². The third-order valence-electron chi connectivity index (χ3n) is 7.84. The average Bonchev–Trinajstić information content (AvgIpc) is 3.76. The molecule has 3 aromatic rings. The van der Waals surface area contributed by atoms with Crippen molar-refractivity contribution in [3.8, 4) is 5.75 Å². The Kier molecular flexibility index (Phi) is 14.2. The fraction of sp³-hybridized carbons (Fsp3) is 0.444. The van der Waals surface area contributed by atoms with Crippen LogP contribution in [0.2, 0.25) is 10.0 Å². The summed E-state index contributed by atoms with van der Waals surface area (Å²) in [6.45, 7) is 12.5. The van der Waals surface area contributed by atoms with Gasteiger partial charge in [0.05, 0.1) is 12.2 Å². The Balaban J connectivity index is 0.000000432. The Morgan fingerprint density at radius 2 is 1.56 bits per heavy atom. The molecule has 6 nitrogen and oxygen atoms in total. The third kappa shape index (κ3) is 11.0. The lowest BCUT2D eigenvalue weighted by atomic mass is 9.82. The summed E-state index contributed by atoms with van der Waals surface area (Å²) in [6.07, 6.45) is 3.09. The van der Waals surface area contributed by atoms with E-state index in [0.717, 1.165) is 50.0 Å². The van der Waals surface area contributed by atoms with Crippen molar-refractivity contribution < 1.29 is 23.8 Å². The SMILES string of the molecule is CC.CC1CCN(C(=O)c2cc(C3CC3)c(OCC3(C)CN(Cc4cc(Cl)cc(Cl)c4)C3)cc2F)C1.O=CO.c1ccccc1. The minimum Gasteiger partial charge on any atom is -0.493 e. The van der Waals surface area contributed by atoms with Crippen molar-refractivity contribution in [3.63, 3.8) is 0 Å². The highest BCUT2D eigenvalue weighted by molar-refractivity contribution is 6.34. The number of likely N-dealkylation sites (tertiary alicyclic amines) is 2. The van der Waals surface area contributed by atoms with Crippen molar-refractivity contribution in [2.75, 3.05) is 32.8 Å². The molecule has 0 aromatic heterocycles. The van der Waals surface area contributed by atoms with Crippen molar-refractivity contribution in [2.45, 2.75) is 59.4 Å². The van der Waals surface area contributed by atoms with Crippen LogP contribution in [-0.4, -0.2) is 60.1 Å². The molecule has 244 valence electrons. The lowest BCUT2D eigenvalue weighted by Crippen LogP contribution is -2.56. The summed E-state index contributed by atoms with van der Waals surface area (Å²) in [5.41, 5.74) is 2.24. The lowest BCUT2D eigenvalue weighted by Gasteiger charge is -2.48. The number of carboxylic acid groups (broad SMARTS) is 1. The van der Waals surface area contributed by atoms with Gasteiger partial charge in [0.15, 0.2) is 0 Å². The van der Waals surface area contributed by atoms with E-state index in [9.17, 15) is 4.79 Å². The summed E-state index contributed by atoms with van der Waals surface area (Å²) in [4.78, 5) is 25.4. The maximum Gasteiger partial charge on any atom is 0.290 e. The number of carbonyl (C=O) groups is 2. The van der Waals surface area contributed by atoms with Crippen LogP contribution in [0, 0.1) is 17.2 Å². The molecule has 1 amide bonds. The maximum atomic E-state index is 15.0. The molecular formula is C36H45Cl2FN2O4. The fourth-order valence-electron chi connectivity index (χ4n) is 5.70. The molecule has 3 aromatic carbocycles. The first kappa shape index (κ1) is 36.3. The van der Waals surface area contributed by atoms with Crippen molar-refractivity contribution >= 4 is 35.6 Å². The van der Waals surface area contributed by atoms with E-state index < -0.39 is 5.82 Å². The van der Waals surface area contributed by atoms with Crippen LogP contribution in [0.3, 0.4) is 0 Å². The summed E-state index contributed by atoms with van der Waals surface area (Å²) in [6, 6.07) is 20.8. The van der Waals surface area contributed by atoms with Crippen LogP contribution in [0.4, 0.5) is 4.39 Å². The van der Waals surface area contributed by atoms with E-state index in [1.54, 1.807) is 17.0 Å². The molecule has 3 fully saturated rings. The number of carbonyl (C=O) groups excluding carboxylic acids is 1. The van der Waals surface area contributed by atoms with Crippen LogP contribution < -0.4 is 4.74 Å². The molecule has 1 N–H and O–H groups in total. The summed E-state index contributed by atoms with van der Waals surface area (Å²) in [7, 11) is 0. The quantitative estimate of drug-likeness (QED) is 0.257. The fourth-order valence-corrected chi connectivity index (χ4v) is 6.27. The van der Waals surface area contributed by atoms with Gasteiger partial charge in [0, 0.05) is 54.3 Å². The molecule has 3 aliphatic rings. The van der Waals surface area contributed by atoms with E-state index in [2.05, 4.69) is 18.7 Å². The molecule has 1 atom stereocenters. The van der Waals surface area contributed by atoms with Gasteiger partial charge in [-0.2, -0.15) is 0 Å². The number of hydrogen-bond donors (Lipinski definition) is 1. The first-order chi connectivity index (χ1) is 21.6. The Bertz CT molecular complexity index is 1330. The summed E-state index contributed by atoms with van der Waals surface area (Å²) < 4.78 is 21.2. The Hall–Kier alpha value is -3.13. The topological polar surface area (TPSA) is 70.1 Å². The predicted molar refractivity (Wildman–Crippen MR) is 180 cm³/mol. The van der Waals surface area contributed by atoms with Gasteiger partial charge in [0.1, 0.15) is 11.6 Å². The van der Waals surface area contributed by atoms with E-state index in [0.29, 0.717) is 47.3 Å². The van der Waals surface area contributed by atoms with Crippen molar-refractivity contribution in [2.24, 2.45) is 11.3 Å². The number of hydrogen-bond acceptors (Lipinski definition) is 4. The van der Waals surface area contributed by atoms with Gasteiger partial charge in [0.2, 0.25) is 0 Å². The predicted octanol–water partition coefficient (Wildman–Crippen LogP) is 8.81. The number of rotatable bonds is 7. The van der Waals surface area contributed by atoms with E-state index in [4.69, 9.17) is 37.8 Å². The average molecular weight is 660 g/mol. The molecule has 0 radical (unpaired) electrons. The van der Waals surface area contributed by atoms with Crippen LogP contribution in [0.5, 0.6) is 5.75 Å². The van der Waals surface area contributed by atoms with Crippen LogP contribution in [0.15, 0.2) is 66.7 Å². The molecule has 1 unspecified atom stereocenters. The molecule has 2 aliphatic heterocycles. The monoisotopic (exact) mass is 658 g/mol. The second-order valence-corrected chi connectivity index (χ2v) is 12.9. The number of nitrogens with zero attached hydrogens (tertiary/aromatic N) is 2. The van der Waals surface area contributed by atoms with E-state index in [1.807, 2.05) is 62.4 Å². The van der Waals surface area contributed by atoms with Gasteiger partial charge in [-0.3, -0.25) is 14.5 Å². The number of benzene rings is 3. The Morgan fingerprint density at radius 1 is 1.00 bits per heavy atom. The van der Waals surface area contributed by atoms with Gasteiger partial charge in [-0.05, 0) is 66.5 Å². The number of ether oxygens (including phenoxy) is 1. The zero-order valence-electron chi connectivity index (χ0n) is 26.6. The largest absolute Gasteiger partial charge is 0.493 e. The molecule has 0 spiro atoms. The number of amides is 1. The van der Waals surface area contributed by atoms with Crippen LogP contribution in [-0.2, 0) is 11.3 Å². The van der Waals surface area contributed by atoms with Crippen molar-refractivity contribution in [1.29, 1.82) is 0 Å².